The number of nitrogens with one attached hydrogen (secondary N) is 1. The van der Waals surface area contributed by atoms with E-state index < -0.39 is 6.09 Å². The number of carbonyl (C=O) groups is 1. The van der Waals surface area contributed by atoms with Crippen LogP contribution < -0.4 is 5.48 Å². The van der Waals surface area contributed by atoms with Crippen molar-refractivity contribution in [1.29, 1.82) is 0 Å². The van der Waals surface area contributed by atoms with Crippen molar-refractivity contribution in [3.05, 3.63) is 0 Å². The monoisotopic (exact) mass is 159 g/mol. The van der Waals surface area contributed by atoms with Crippen LogP contribution in [0.15, 0.2) is 0 Å². The van der Waals surface area contributed by atoms with E-state index in [1.807, 2.05) is 0 Å². The maximum Gasteiger partial charge on any atom is 0.431 e. The predicted octanol–water partition coefficient (Wildman–Crippen LogP) is 1.07. The van der Waals surface area contributed by atoms with Crippen LogP contribution in [0.2, 0.25) is 0 Å². The van der Waals surface area contributed by atoms with Crippen molar-refractivity contribution in [2.75, 3.05) is 6.61 Å². The van der Waals surface area contributed by atoms with Gasteiger partial charge >= 0.3 is 6.09 Å². The van der Waals surface area contributed by atoms with E-state index in [2.05, 4.69) is 19.3 Å². The van der Waals surface area contributed by atoms with Crippen LogP contribution in [0, 0.1) is 5.92 Å². The smallest absolute Gasteiger partial charge is 0.431 e. The highest BCUT2D eigenvalue weighted by Gasteiger charge is 2.21. The molecule has 1 aliphatic rings. The molecule has 1 atom stereocenters. The van der Waals surface area contributed by atoms with Gasteiger partial charge in [-0.05, 0) is 12.3 Å². The van der Waals surface area contributed by atoms with Crippen LogP contribution in [0.1, 0.15) is 20.3 Å². The number of amides is 1. The second-order valence-electron chi connectivity index (χ2n) is 3.07. The van der Waals surface area contributed by atoms with Gasteiger partial charge in [0.25, 0.3) is 0 Å². The summed E-state index contributed by atoms with van der Waals surface area (Å²) >= 11 is 0. The fraction of sp³-hybridized carbons (Fsp3) is 0.857. The molecule has 0 aromatic heterocycles. The van der Waals surface area contributed by atoms with Crippen molar-refractivity contribution in [3.63, 3.8) is 0 Å². The minimum Gasteiger partial charge on any atom is -0.442 e. The summed E-state index contributed by atoms with van der Waals surface area (Å²) in [5, 5.41) is 0. The Labute approximate surface area is 65.8 Å². The van der Waals surface area contributed by atoms with E-state index in [0.29, 0.717) is 12.5 Å². The van der Waals surface area contributed by atoms with Gasteiger partial charge < -0.3 is 4.74 Å². The van der Waals surface area contributed by atoms with Crippen molar-refractivity contribution in [3.8, 4) is 0 Å². The molecule has 4 nitrogen and oxygen atoms in total. The van der Waals surface area contributed by atoms with Gasteiger partial charge in [0.1, 0.15) is 12.7 Å². The Morgan fingerprint density at radius 2 is 2.45 bits per heavy atom. The number of hydrogen-bond donors (Lipinski definition) is 1. The first kappa shape index (κ1) is 8.33. The van der Waals surface area contributed by atoms with Gasteiger partial charge in [0.15, 0.2) is 0 Å². The van der Waals surface area contributed by atoms with Gasteiger partial charge in [-0.25, -0.2) is 4.79 Å². The quantitative estimate of drug-likeness (QED) is 0.655. The largest absolute Gasteiger partial charge is 0.442 e. The van der Waals surface area contributed by atoms with Gasteiger partial charge in [0, 0.05) is 0 Å². The standard InChI is InChI=1S/C7H13NO3/c1-5(2)3-6-4-10-8-7(9)11-6/h5-6H,3-4H2,1-2H3,(H,8,9). The summed E-state index contributed by atoms with van der Waals surface area (Å²) in [6.07, 6.45) is 0.290. The Balaban J connectivity index is 2.28. The van der Waals surface area contributed by atoms with E-state index >= 15 is 0 Å². The molecular weight excluding hydrogens is 146 g/mol. The molecule has 1 fully saturated rings. The third-order valence-corrected chi connectivity index (χ3v) is 1.43. The van der Waals surface area contributed by atoms with E-state index in [1.54, 1.807) is 0 Å². The number of carbonyl (C=O) groups excluding carboxylic acids is 1. The second-order valence-corrected chi connectivity index (χ2v) is 3.07. The van der Waals surface area contributed by atoms with Crippen LogP contribution in [0.5, 0.6) is 0 Å². The summed E-state index contributed by atoms with van der Waals surface area (Å²) in [4.78, 5) is 15.4. The van der Waals surface area contributed by atoms with Gasteiger partial charge in [0.2, 0.25) is 0 Å². The first-order chi connectivity index (χ1) is 5.18. The molecule has 0 bridgehead atoms. The Morgan fingerprint density at radius 3 is 3.00 bits per heavy atom. The summed E-state index contributed by atoms with van der Waals surface area (Å²) in [6, 6.07) is 0. The van der Waals surface area contributed by atoms with Gasteiger partial charge in [-0.1, -0.05) is 13.8 Å². The number of hydroxylamine groups is 1. The van der Waals surface area contributed by atoms with Crippen molar-refractivity contribution in [2.24, 2.45) is 5.92 Å². The Bertz CT molecular complexity index is 147. The van der Waals surface area contributed by atoms with Crippen molar-refractivity contribution in [2.45, 2.75) is 26.4 Å². The number of cyclic esters (lactones) is 1. The lowest BCUT2D eigenvalue weighted by atomic mass is 10.1. The molecule has 11 heavy (non-hydrogen) atoms. The number of hydrogen-bond acceptors (Lipinski definition) is 3. The minimum atomic E-state index is -0.484. The molecule has 0 spiro atoms. The van der Waals surface area contributed by atoms with Crippen LogP contribution in [0.4, 0.5) is 4.79 Å². The number of rotatable bonds is 2. The van der Waals surface area contributed by atoms with Crippen LogP contribution in [-0.2, 0) is 9.57 Å². The molecule has 4 heteroatoms. The lowest BCUT2D eigenvalue weighted by Crippen LogP contribution is -2.40. The van der Waals surface area contributed by atoms with Crippen LogP contribution in [0.3, 0.4) is 0 Å². The third kappa shape index (κ3) is 2.76. The molecule has 1 saturated heterocycles. The van der Waals surface area contributed by atoms with Gasteiger partial charge in [-0.2, -0.15) is 5.48 Å². The summed E-state index contributed by atoms with van der Waals surface area (Å²) in [7, 11) is 0. The van der Waals surface area contributed by atoms with E-state index in [9.17, 15) is 4.79 Å². The molecular formula is C7H13NO3. The predicted molar refractivity (Wildman–Crippen MR) is 38.8 cm³/mol. The molecule has 0 aromatic carbocycles. The minimum absolute atomic E-state index is 0.0799. The summed E-state index contributed by atoms with van der Waals surface area (Å²) in [5.74, 6) is 0.523. The second kappa shape index (κ2) is 3.57. The molecule has 0 saturated carbocycles. The van der Waals surface area contributed by atoms with E-state index in [0.717, 1.165) is 6.42 Å². The molecule has 0 aliphatic carbocycles. The van der Waals surface area contributed by atoms with Gasteiger partial charge in [0.05, 0.1) is 0 Å². The van der Waals surface area contributed by atoms with Crippen LogP contribution in [-0.4, -0.2) is 18.8 Å². The molecule has 64 valence electrons. The number of ether oxygens (including phenoxy) is 1. The Kier molecular flexibility index (Phi) is 2.70. The lowest BCUT2D eigenvalue weighted by molar-refractivity contribution is -0.0781. The lowest BCUT2D eigenvalue weighted by Gasteiger charge is -2.23. The topological polar surface area (TPSA) is 47.6 Å². The summed E-state index contributed by atoms with van der Waals surface area (Å²) in [6.45, 7) is 4.61. The Hall–Kier alpha value is -0.770. The Morgan fingerprint density at radius 1 is 1.73 bits per heavy atom. The molecule has 1 N–H and O–H groups in total. The van der Waals surface area contributed by atoms with Crippen molar-refractivity contribution < 1.29 is 14.4 Å². The molecule has 1 amide bonds. The summed E-state index contributed by atoms with van der Waals surface area (Å²) < 4.78 is 4.92. The molecule has 0 radical (unpaired) electrons. The fourth-order valence-electron chi connectivity index (χ4n) is 1.04. The fourth-order valence-corrected chi connectivity index (χ4v) is 1.04. The SMILES string of the molecule is CC(C)CC1CONC(=O)O1. The van der Waals surface area contributed by atoms with E-state index in [4.69, 9.17) is 9.57 Å². The van der Waals surface area contributed by atoms with Gasteiger partial charge in [-0.3, -0.25) is 4.84 Å². The average molecular weight is 159 g/mol. The van der Waals surface area contributed by atoms with Crippen LogP contribution in [0.25, 0.3) is 0 Å². The maximum atomic E-state index is 10.6. The van der Waals surface area contributed by atoms with E-state index in [1.165, 1.54) is 0 Å². The highest BCUT2D eigenvalue weighted by atomic mass is 16.7. The van der Waals surface area contributed by atoms with Crippen molar-refractivity contribution in [1.82, 2.24) is 5.48 Å². The molecule has 1 unspecified atom stereocenters. The highest BCUT2D eigenvalue weighted by molar-refractivity contribution is 5.66. The normalized spacial score (nSPS) is 24.6. The first-order valence-corrected chi connectivity index (χ1v) is 3.77. The zero-order valence-electron chi connectivity index (χ0n) is 6.79. The first-order valence-electron chi connectivity index (χ1n) is 3.77. The molecule has 0 aromatic rings. The van der Waals surface area contributed by atoms with Gasteiger partial charge in [-0.15, -0.1) is 0 Å². The molecule has 1 aliphatic heterocycles. The average Bonchev–Trinajstić information content (AvgIpc) is 1.85. The molecule has 1 rings (SSSR count). The zero-order chi connectivity index (χ0) is 8.27. The summed E-state index contributed by atoms with van der Waals surface area (Å²) in [5.41, 5.74) is 2.12. The van der Waals surface area contributed by atoms with Crippen molar-refractivity contribution >= 4 is 6.09 Å². The maximum absolute atomic E-state index is 10.6. The zero-order valence-corrected chi connectivity index (χ0v) is 6.79. The van der Waals surface area contributed by atoms with Crippen LogP contribution >= 0.6 is 0 Å². The molecule has 1 heterocycles. The van der Waals surface area contributed by atoms with E-state index in [-0.39, 0.29) is 6.10 Å². The highest BCUT2D eigenvalue weighted by Crippen LogP contribution is 2.10. The third-order valence-electron chi connectivity index (χ3n) is 1.43.